The van der Waals surface area contributed by atoms with E-state index in [9.17, 15) is 14.4 Å². The topological polar surface area (TPSA) is 84.9 Å². The minimum Gasteiger partial charge on any atom is -0.493 e. The van der Waals surface area contributed by atoms with Gasteiger partial charge < -0.3 is 19.7 Å². The molecule has 7 nitrogen and oxygen atoms in total. The Balaban J connectivity index is 2.00. The van der Waals surface area contributed by atoms with Crippen molar-refractivity contribution in [2.24, 2.45) is 0 Å². The van der Waals surface area contributed by atoms with Crippen molar-refractivity contribution in [3.63, 3.8) is 0 Å². The van der Waals surface area contributed by atoms with Gasteiger partial charge in [-0.3, -0.25) is 14.4 Å². The quantitative estimate of drug-likeness (QED) is 0.787. The molecule has 0 aromatic heterocycles. The van der Waals surface area contributed by atoms with Crippen LogP contribution in [0.4, 0.5) is 0 Å². The van der Waals surface area contributed by atoms with E-state index >= 15 is 0 Å². The Morgan fingerprint density at radius 1 is 1.32 bits per heavy atom. The molecule has 1 aromatic carbocycles. The number of ketones is 1. The van der Waals surface area contributed by atoms with Crippen LogP contribution in [-0.4, -0.2) is 55.8 Å². The molecule has 2 amide bonds. The van der Waals surface area contributed by atoms with E-state index < -0.39 is 0 Å². The van der Waals surface area contributed by atoms with Gasteiger partial charge in [0.1, 0.15) is 0 Å². The number of rotatable bonds is 5. The molecule has 1 aliphatic heterocycles. The largest absolute Gasteiger partial charge is 0.493 e. The number of ether oxygens (including phenoxy) is 2. The van der Waals surface area contributed by atoms with E-state index in [-0.39, 0.29) is 30.7 Å². The van der Waals surface area contributed by atoms with Gasteiger partial charge in [-0.1, -0.05) is 0 Å². The van der Waals surface area contributed by atoms with E-state index in [4.69, 9.17) is 9.47 Å². The molecule has 0 aliphatic carbocycles. The number of piperazine rings is 1. The van der Waals surface area contributed by atoms with Crippen LogP contribution in [0.2, 0.25) is 0 Å². The average Bonchev–Trinajstić information content (AvgIpc) is 2.52. The Morgan fingerprint density at radius 2 is 2.09 bits per heavy atom. The number of hydrogen-bond donors (Lipinski definition) is 1. The van der Waals surface area contributed by atoms with Gasteiger partial charge in [-0.25, -0.2) is 0 Å². The summed E-state index contributed by atoms with van der Waals surface area (Å²) in [5.74, 6) is 0.231. The molecule has 22 heavy (non-hydrogen) atoms. The fraction of sp³-hybridized carbons (Fsp3) is 0.400. The molecular formula is C15H18N2O5. The maximum absolute atomic E-state index is 12.0. The summed E-state index contributed by atoms with van der Waals surface area (Å²) in [4.78, 5) is 36.0. The molecule has 1 N–H and O–H groups in total. The molecule has 1 aliphatic rings. The monoisotopic (exact) mass is 306 g/mol. The maximum atomic E-state index is 12.0. The number of amides is 2. The number of benzene rings is 1. The van der Waals surface area contributed by atoms with Crippen LogP contribution in [0.25, 0.3) is 0 Å². The SMILES string of the molecule is COc1cc(C(C)=O)ccc1OCC(=O)N1CCNC(=O)C1. The normalized spacial score (nSPS) is 14.3. The Hall–Kier alpha value is -2.57. The van der Waals surface area contributed by atoms with Crippen LogP contribution >= 0.6 is 0 Å². The third-order valence-corrected chi connectivity index (χ3v) is 3.31. The summed E-state index contributed by atoms with van der Waals surface area (Å²) in [6.07, 6.45) is 0. The highest BCUT2D eigenvalue weighted by Gasteiger charge is 2.21. The Labute approximate surface area is 128 Å². The van der Waals surface area contributed by atoms with E-state index in [1.165, 1.54) is 18.9 Å². The summed E-state index contributed by atoms with van der Waals surface area (Å²) in [7, 11) is 1.46. The molecule has 1 aromatic rings. The third kappa shape index (κ3) is 3.75. The van der Waals surface area contributed by atoms with Crippen molar-refractivity contribution in [2.45, 2.75) is 6.92 Å². The van der Waals surface area contributed by atoms with Crippen molar-refractivity contribution in [1.82, 2.24) is 10.2 Å². The predicted molar refractivity (Wildman–Crippen MR) is 78.1 cm³/mol. The molecule has 1 heterocycles. The zero-order chi connectivity index (χ0) is 16.1. The number of nitrogens with one attached hydrogen (secondary N) is 1. The molecule has 0 atom stereocenters. The summed E-state index contributed by atoms with van der Waals surface area (Å²) in [6, 6.07) is 4.77. The van der Waals surface area contributed by atoms with Gasteiger partial charge in [-0.15, -0.1) is 0 Å². The molecule has 0 saturated carbocycles. The van der Waals surface area contributed by atoms with E-state index in [0.717, 1.165) is 0 Å². The van der Waals surface area contributed by atoms with Crippen LogP contribution in [0, 0.1) is 0 Å². The molecule has 7 heteroatoms. The maximum Gasteiger partial charge on any atom is 0.261 e. The summed E-state index contributed by atoms with van der Waals surface area (Å²) >= 11 is 0. The van der Waals surface area contributed by atoms with Crippen molar-refractivity contribution in [3.05, 3.63) is 23.8 Å². The number of methoxy groups -OCH3 is 1. The summed E-state index contributed by atoms with van der Waals surface area (Å²) in [6.45, 7) is 2.22. The number of hydrogen-bond acceptors (Lipinski definition) is 5. The first-order chi connectivity index (χ1) is 10.5. The van der Waals surface area contributed by atoms with E-state index in [0.29, 0.717) is 30.2 Å². The average molecular weight is 306 g/mol. The first-order valence-corrected chi connectivity index (χ1v) is 6.87. The summed E-state index contributed by atoms with van der Waals surface area (Å²) in [5.41, 5.74) is 0.503. The minimum atomic E-state index is -0.271. The van der Waals surface area contributed by atoms with Crippen LogP contribution in [0.1, 0.15) is 17.3 Å². The number of carbonyl (C=O) groups excluding carboxylic acids is 3. The van der Waals surface area contributed by atoms with Crippen molar-refractivity contribution in [2.75, 3.05) is 33.4 Å². The lowest BCUT2D eigenvalue weighted by molar-refractivity contribution is -0.139. The van der Waals surface area contributed by atoms with Gasteiger partial charge in [0.25, 0.3) is 5.91 Å². The van der Waals surface area contributed by atoms with Crippen LogP contribution in [0.3, 0.4) is 0 Å². The molecule has 1 saturated heterocycles. The highest BCUT2D eigenvalue weighted by molar-refractivity contribution is 5.94. The predicted octanol–water partition coefficient (Wildman–Crippen LogP) is 0.235. The molecule has 0 spiro atoms. The van der Waals surface area contributed by atoms with Crippen molar-refractivity contribution >= 4 is 17.6 Å². The second-order valence-corrected chi connectivity index (χ2v) is 4.88. The summed E-state index contributed by atoms with van der Waals surface area (Å²) < 4.78 is 10.6. The third-order valence-electron chi connectivity index (χ3n) is 3.31. The smallest absolute Gasteiger partial charge is 0.261 e. The minimum absolute atomic E-state index is 0.0442. The number of carbonyl (C=O) groups is 3. The number of nitrogens with zero attached hydrogens (tertiary/aromatic N) is 1. The van der Waals surface area contributed by atoms with Crippen LogP contribution in [0.5, 0.6) is 11.5 Å². The van der Waals surface area contributed by atoms with Crippen molar-refractivity contribution in [3.8, 4) is 11.5 Å². The Kier molecular flexibility index (Phi) is 4.98. The molecule has 2 rings (SSSR count). The molecule has 0 unspecified atom stereocenters. The van der Waals surface area contributed by atoms with Gasteiger partial charge in [0, 0.05) is 18.7 Å². The van der Waals surface area contributed by atoms with E-state index in [2.05, 4.69) is 5.32 Å². The van der Waals surface area contributed by atoms with Gasteiger partial charge in [0.05, 0.1) is 13.7 Å². The van der Waals surface area contributed by atoms with Crippen LogP contribution in [0.15, 0.2) is 18.2 Å². The number of Topliss-reactive ketones (excluding diaryl/α,β-unsaturated/α-hetero) is 1. The lowest BCUT2D eigenvalue weighted by Gasteiger charge is -2.26. The van der Waals surface area contributed by atoms with Crippen molar-refractivity contribution < 1.29 is 23.9 Å². The first kappa shape index (κ1) is 15.8. The second-order valence-electron chi connectivity index (χ2n) is 4.88. The van der Waals surface area contributed by atoms with Gasteiger partial charge in [0.15, 0.2) is 23.9 Å². The van der Waals surface area contributed by atoms with Crippen molar-refractivity contribution in [1.29, 1.82) is 0 Å². The van der Waals surface area contributed by atoms with Crippen LogP contribution < -0.4 is 14.8 Å². The first-order valence-electron chi connectivity index (χ1n) is 6.87. The fourth-order valence-corrected chi connectivity index (χ4v) is 2.09. The molecule has 118 valence electrons. The second kappa shape index (κ2) is 6.93. The Morgan fingerprint density at radius 3 is 2.73 bits per heavy atom. The lowest BCUT2D eigenvalue weighted by atomic mass is 10.1. The summed E-state index contributed by atoms with van der Waals surface area (Å²) in [5, 5.41) is 2.65. The Bertz CT molecular complexity index is 600. The molecule has 0 bridgehead atoms. The molecular weight excluding hydrogens is 288 g/mol. The van der Waals surface area contributed by atoms with Crippen LogP contribution in [-0.2, 0) is 9.59 Å². The zero-order valence-electron chi connectivity index (χ0n) is 12.5. The van der Waals surface area contributed by atoms with Gasteiger partial charge in [-0.05, 0) is 25.1 Å². The molecule has 1 fully saturated rings. The molecule has 0 radical (unpaired) electrons. The zero-order valence-corrected chi connectivity index (χ0v) is 12.5. The van der Waals surface area contributed by atoms with Gasteiger partial charge >= 0.3 is 0 Å². The fourth-order valence-electron chi connectivity index (χ4n) is 2.09. The van der Waals surface area contributed by atoms with E-state index in [1.807, 2.05) is 0 Å². The van der Waals surface area contributed by atoms with E-state index in [1.54, 1.807) is 18.2 Å². The van der Waals surface area contributed by atoms with Gasteiger partial charge in [-0.2, -0.15) is 0 Å². The highest BCUT2D eigenvalue weighted by atomic mass is 16.5. The lowest BCUT2D eigenvalue weighted by Crippen LogP contribution is -2.51. The standard InChI is InChI=1S/C15H18N2O5/c1-10(18)11-3-4-12(13(7-11)21-2)22-9-15(20)17-6-5-16-14(19)8-17/h3-4,7H,5-6,8-9H2,1-2H3,(H,16,19). The van der Waals surface area contributed by atoms with Gasteiger partial charge in [0.2, 0.25) is 5.91 Å². The highest BCUT2D eigenvalue weighted by Crippen LogP contribution is 2.28.